The lowest BCUT2D eigenvalue weighted by molar-refractivity contribution is -0.136. The Morgan fingerprint density at radius 2 is 1.19 bits per heavy atom. The van der Waals surface area contributed by atoms with Crippen molar-refractivity contribution in [2.45, 2.75) is 6.18 Å². The molecule has 1 heterocycles. The normalized spacial score (nSPS) is 11.8. The zero-order chi connectivity index (χ0) is 24.7. The zero-order valence-corrected chi connectivity index (χ0v) is 19.1. The molecule has 6 aromatic rings. The van der Waals surface area contributed by atoms with Crippen molar-refractivity contribution >= 4 is 33.2 Å². The molecular weight excluding hydrogens is 457 g/mol. The van der Waals surface area contributed by atoms with E-state index in [2.05, 4.69) is 52.3 Å². The summed E-state index contributed by atoms with van der Waals surface area (Å²) in [7, 11) is 0. The maximum absolute atomic E-state index is 13.3. The Balaban J connectivity index is 1.38. The topological polar surface area (TPSA) is 17.0 Å². The van der Waals surface area contributed by atoms with E-state index in [-0.39, 0.29) is 5.69 Å². The van der Waals surface area contributed by atoms with Gasteiger partial charge in [0.15, 0.2) is 0 Å². The molecule has 0 aliphatic heterocycles. The Hall–Kier alpha value is -4.51. The van der Waals surface area contributed by atoms with Gasteiger partial charge in [-0.2, -0.15) is 13.2 Å². The minimum Gasteiger partial charge on any atom is -0.355 e. The summed E-state index contributed by atoms with van der Waals surface area (Å²) >= 11 is 0. The number of halogens is 3. The van der Waals surface area contributed by atoms with Crippen LogP contribution in [0.1, 0.15) is 5.56 Å². The van der Waals surface area contributed by atoms with Crippen molar-refractivity contribution in [1.29, 1.82) is 0 Å². The highest BCUT2D eigenvalue weighted by atomic mass is 19.4. The molecule has 0 aliphatic carbocycles. The average Bonchev–Trinajstić information content (AvgIpc) is 3.23. The summed E-state index contributed by atoms with van der Waals surface area (Å²) in [5, 5.41) is 5.22. The third-order valence-electron chi connectivity index (χ3n) is 6.42. The molecule has 36 heavy (non-hydrogen) atoms. The van der Waals surface area contributed by atoms with Crippen molar-refractivity contribution in [1.82, 2.24) is 4.57 Å². The molecule has 0 radical (unpaired) electrons. The number of para-hydroxylation sites is 3. The molecule has 1 N–H and O–H groups in total. The molecule has 1 aromatic heterocycles. The van der Waals surface area contributed by atoms with E-state index < -0.39 is 11.7 Å². The summed E-state index contributed by atoms with van der Waals surface area (Å²) in [6, 6.07) is 38.0. The number of hydrogen-bond donors (Lipinski definition) is 1. The first kappa shape index (κ1) is 22.0. The maximum atomic E-state index is 13.3. The second-order valence-corrected chi connectivity index (χ2v) is 8.67. The number of hydrogen-bond acceptors (Lipinski definition) is 1. The summed E-state index contributed by atoms with van der Waals surface area (Å²) in [6.45, 7) is 0. The van der Waals surface area contributed by atoms with Crippen LogP contribution in [0.15, 0.2) is 121 Å². The molecule has 0 saturated carbocycles. The number of nitrogens with zero attached hydrogens (tertiary/aromatic N) is 1. The van der Waals surface area contributed by atoms with Gasteiger partial charge in [-0.05, 0) is 65.7 Å². The summed E-state index contributed by atoms with van der Waals surface area (Å²) < 4.78 is 42.3. The molecule has 0 unspecified atom stereocenters. The molecule has 0 fully saturated rings. The van der Waals surface area contributed by atoms with Gasteiger partial charge in [-0.15, -0.1) is 0 Å². The first-order valence-corrected chi connectivity index (χ1v) is 11.6. The predicted molar refractivity (Wildman–Crippen MR) is 141 cm³/mol. The number of alkyl halides is 3. The van der Waals surface area contributed by atoms with Crippen molar-refractivity contribution in [3.63, 3.8) is 0 Å². The van der Waals surface area contributed by atoms with Crippen LogP contribution in [0.2, 0.25) is 0 Å². The number of aromatic nitrogens is 1. The van der Waals surface area contributed by atoms with E-state index >= 15 is 0 Å². The van der Waals surface area contributed by atoms with E-state index in [1.165, 1.54) is 17.5 Å². The molecule has 0 bridgehead atoms. The molecular formula is C31H21F3N2. The minimum absolute atomic E-state index is 0.0351. The molecule has 2 nitrogen and oxygen atoms in total. The van der Waals surface area contributed by atoms with Crippen LogP contribution in [-0.2, 0) is 6.18 Å². The van der Waals surface area contributed by atoms with Crippen molar-refractivity contribution < 1.29 is 13.2 Å². The first-order valence-electron chi connectivity index (χ1n) is 11.6. The second kappa shape index (κ2) is 8.61. The van der Waals surface area contributed by atoms with Gasteiger partial charge >= 0.3 is 6.18 Å². The van der Waals surface area contributed by atoms with Gasteiger partial charge in [0, 0.05) is 22.1 Å². The standard InChI is InChI=1S/C31H21F3N2/c32-31(33,34)27-11-5-6-12-28(27)35-23-17-14-21(15-18-23)22-16-19-30-26(20-22)25-10-4-7-13-29(25)36(30)24-8-2-1-3-9-24/h1-20,35H. The van der Waals surface area contributed by atoms with Crippen molar-refractivity contribution in [2.24, 2.45) is 0 Å². The molecule has 176 valence electrons. The Morgan fingerprint density at radius 3 is 1.97 bits per heavy atom. The van der Waals surface area contributed by atoms with E-state index in [0.717, 1.165) is 39.3 Å². The van der Waals surface area contributed by atoms with Crippen molar-refractivity contribution in [3.05, 3.63) is 127 Å². The van der Waals surface area contributed by atoms with Gasteiger partial charge in [0.05, 0.1) is 22.3 Å². The maximum Gasteiger partial charge on any atom is 0.418 e. The Bertz CT molecular complexity index is 1680. The molecule has 0 atom stereocenters. The van der Waals surface area contributed by atoms with Gasteiger partial charge < -0.3 is 9.88 Å². The largest absolute Gasteiger partial charge is 0.418 e. The molecule has 0 amide bonds. The van der Waals surface area contributed by atoms with Crippen LogP contribution < -0.4 is 5.32 Å². The van der Waals surface area contributed by atoms with Crippen LogP contribution in [0, 0.1) is 0 Å². The van der Waals surface area contributed by atoms with Gasteiger partial charge in [-0.25, -0.2) is 0 Å². The number of rotatable bonds is 4. The predicted octanol–water partition coefficient (Wildman–Crippen LogP) is 9.21. The van der Waals surface area contributed by atoms with E-state index in [1.54, 1.807) is 18.2 Å². The fraction of sp³-hybridized carbons (Fsp3) is 0.0323. The first-order chi connectivity index (χ1) is 17.5. The quantitative estimate of drug-likeness (QED) is 0.267. The van der Waals surface area contributed by atoms with Gasteiger partial charge in [0.25, 0.3) is 0 Å². The molecule has 5 aromatic carbocycles. The Morgan fingerprint density at radius 1 is 0.556 bits per heavy atom. The smallest absolute Gasteiger partial charge is 0.355 e. The van der Waals surface area contributed by atoms with Crippen LogP contribution in [0.25, 0.3) is 38.6 Å². The second-order valence-electron chi connectivity index (χ2n) is 8.67. The summed E-state index contributed by atoms with van der Waals surface area (Å²) in [5.41, 5.74) is 5.33. The van der Waals surface area contributed by atoms with Crippen LogP contribution in [-0.4, -0.2) is 4.57 Å². The molecule has 0 saturated heterocycles. The van der Waals surface area contributed by atoms with Crippen molar-refractivity contribution in [2.75, 3.05) is 5.32 Å². The lowest BCUT2D eigenvalue weighted by atomic mass is 10.0. The van der Waals surface area contributed by atoms with Gasteiger partial charge in [0.1, 0.15) is 0 Å². The number of benzene rings is 5. The highest BCUT2D eigenvalue weighted by molar-refractivity contribution is 6.10. The summed E-state index contributed by atoms with van der Waals surface area (Å²) in [4.78, 5) is 0. The van der Waals surface area contributed by atoms with Gasteiger partial charge in [-0.1, -0.05) is 66.7 Å². The highest BCUT2D eigenvalue weighted by Crippen LogP contribution is 2.37. The third-order valence-corrected chi connectivity index (χ3v) is 6.42. The number of fused-ring (bicyclic) bond motifs is 3. The van der Waals surface area contributed by atoms with E-state index in [4.69, 9.17) is 0 Å². The van der Waals surface area contributed by atoms with Crippen LogP contribution in [0.5, 0.6) is 0 Å². The van der Waals surface area contributed by atoms with Crippen LogP contribution >= 0.6 is 0 Å². The zero-order valence-electron chi connectivity index (χ0n) is 19.1. The lowest BCUT2D eigenvalue weighted by Crippen LogP contribution is -2.08. The Kier molecular flexibility index (Phi) is 5.26. The lowest BCUT2D eigenvalue weighted by Gasteiger charge is -2.14. The molecule has 6 rings (SSSR count). The fourth-order valence-electron chi connectivity index (χ4n) is 4.75. The molecule has 0 aliphatic rings. The summed E-state index contributed by atoms with van der Waals surface area (Å²) in [6.07, 6.45) is -4.42. The molecule has 0 spiro atoms. The summed E-state index contributed by atoms with van der Waals surface area (Å²) in [5.74, 6) is 0. The van der Waals surface area contributed by atoms with Crippen LogP contribution in [0.3, 0.4) is 0 Å². The van der Waals surface area contributed by atoms with Crippen LogP contribution in [0.4, 0.5) is 24.5 Å². The van der Waals surface area contributed by atoms with Gasteiger partial charge in [0.2, 0.25) is 0 Å². The average molecular weight is 479 g/mol. The fourth-order valence-corrected chi connectivity index (χ4v) is 4.75. The minimum atomic E-state index is -4.42. The van der Waals surface area contributed by atoms with E-state index in [9.17, 15) is 13.2 Å². The molecule has 5 heteroatoms. The monoisotopic (exact) mass is 478 g/mol. The highest BCUT2D eigenvalue weighted by Gasteiger charge is 2.33. The van der Waals surface area contributed by atoms with Crippen molar-refractivity contribution in [3.8, 4) is 16.8 Å². The number of anilines is 2. The Labute approximate surface area is 206 Å². The third kappa shape index (κ3) is 3.89. The van der Waals surface area contributed by atoms with E-state index in [1.807, 2.05) is 42.5 Å². The van der Waals surface area contributed by atoms with E-state index in [0.29, 0.717) is 5.69 Å². The van der Waals surface area contributed by atoms with Gasteiger partial charge in [-0.3, -0.25) is 0 Å². The SMILES string of the molecule is FC(F)(F)c1ccccc1Nc1ccc(-c2ccc3c(c2)c2ccccc2n3-c2ccccc2)cc1. The number of nitrogens with one attached hydrogen (secondary N) is 1.